The molecule has 2 heterocycles. The highest BCUT2D eigenvalue weighted by Crippen LogP contribution is 2.31. The van der Waals surface area contributed by atoms with Crippen LogP contribution >= 0.6 is 34.7 Å². The molecule has 8 heteroatoms. The molecule has 3 rings (SSSR count). The highest BCUT2D eigenvalue weighted by atomic mass is 35.5. The number of nitrogens with zero attached hydrogens (tertiary/aromatic N) is 3. The van der Waals surface area contributed by atoms with Crippen molar-refractivity contribution in [3.05, 3.63) is 45.1 Å². The number of rotatable bonds is 5. The summed E-state index contributed by atoms with van der Waals surface area (Å²) in [5.41, 5.74) is 2.91. The molecule has 1 N–H and O–H groups in total. The molecule has 3 aromatic rings. The molecule has 25 heavy (non-hydrogen) atoms. The molecule has 1 amide bonds. The van der Waals surface area contributed by atoms with E-state index in [-0.39, 0.29) is 11.7 Å². The topological polar surface area (TPSA) is 59.8 Å². The molecule has 2 aromatic heterocycles. The van der Waals surface area contributed by atoms with Crippen LogP contribution in [0.1, 0.15) is 10.4 Å². The summed E-state index contributed by atoms with van der Waals surface area (Å²) in [5.74, 6) is 0.917. The Bertz CT molecular complexity index is 919. The average molecular weight is 393 g/mol. The summed E-state index contributed by atoms with van der Waals surface area (Å²) in [6.45, 7) is 4.17. The molecule has 0 aliphatic carbocycles. The fraction of sp³-hybridized carbons (Fsp3) is 0.235. The summed E-state index contributed by atoms with van der Waals surface area (Å²) in [6, 6.07) is 7.16. The van der Waals surface area contributed by atoms with Gasteiger partial charge in [-0.25, -0.2) is 0 Å². The monoisotopic (exact) mass is 392 g/mol. The van der Waals surface area contributed by atoms with Gasteiger partial charge in [0.05, 0.1) is 16.5 Å². The maximum atomic E-state index is 12.1. The van der Waals surface area contributed by atoms with Crippen molar-refractivity contribution in [2.75, 3.05) is 11.1 Å². The minimum atomic E-state index is -0.134. The van der Waals surface area contributed by atoms with Gasteiger partial charge in [-0.3, -0.25) is 4.79 Å². The summed E-state index contributed by atoms with van der Waals surface area (Å²) in [5, 5.41) is 14.6. The van der Waals surface area contributed by atoms with Crippen LogP contribution < -0.4 is 5.32 Å². The molecule has 0 atom stereocenters. The van der Waals surface area contributed by atoms with Gasteiger partial charge in [0.25, 0.3) is 0 Å². The van der Waals surface area contributed by atoms with Crippen molar-refractivity contribution >= 4 is 46.3 Å². The van der Waals surface area contributed by atoms with E-state index in [1.807, 2.05) is 23.7 Å². The van der Waals surface area contributed by atoms with Gasteiger partial charge in [0, 0.05) is 22.9 Å². The number of para-hydroxylation sites is 1. The van der Waals surface area contributed by atoms with Crippen LogP contribution in [0.2, 0.25) is 5.02 Å². The van der Waals surface area contributed by atoms with E-state index in [4.69, 9.17) is 11.6 Å². The molecule has 1 aromatic carbocycles. The number of nitrogens with one attached hydrogen (secondary N) is 1. The number of hydrogen-bond donors (Lipinski definition) is 1. The number of benzene rings is 1. The van der Waals surface area contributed by atoms with Gasteiger partial charge in [0.2, 0.25) is 5.91 Å². The fourth-order valence-electron chi connectivity index (χ4n) is 2.29. The maximum absolute atomic E-state index is 12.1. The summed E-state index contributed by atoms with van der Waals surface area (Å²) in [4.78, 5) is 13.4. The van der Waals surface area contributed by atoms with Crippen LogP contribution in [-0.4, -0.2) is 26.4 Å². The Morgan fingerprint density at radius 3 is 2.76 bits per heavy atom. The van der Waals surface area contributed by atoms with Crippen LogP contribution in [0, 0.1) is 13.8 Å². The Morgan fingerprint density at radius 1 is 1.32 bits per heavy atom. The van der Waals surface area contributed by atoms with Crippen molar-refractivity contribution in [1.82, 2.24) is 14.8 Å². The van der Waals surface area contributed by atoms with Gasteiger partial charge < -0.3 is 9.88 Å². The second-order valence-corrected chi connectivity index (χ2v) is 7.95. The zero-order valence-corrected chi connectivity index (χ0v) is 16.4. The first kappa shape index (κ1) is 18.0. The smallest absolute Gasteiger partial charge is 0.234 e. The second-order valence-electron chi connectivity index (χ2n) is 5.51. The van der Waals surface area contributed by atoms with Crippen LogP contribution in [0.25, 0.3) is 11.4 Å². The van der Waals surface area contributed by atoms with Crippen molar-refractivity contribution in [2.24, 2.45) is 7.05 Å². The summed E-state index contributed by atoms with van der Waals surface area (Å²) in [7, 11) is 1.91. The number of anilines is 1. The second kappa shape index (κ2) is 7.59. The van der Waals surface area contributed by atoms with Crippen molar-refractivity contribution in [3.8, 4) is 11.4 Å². The first-order valence-electron chi connectivity index (χ1n) is 7.59. The number of aromatic nitrogens is 3. The zero-order chi connectivity index (χ0) is 18.0. The first-order chi connectivity index (χ1) is 12.0. The third-order valence-electron chi connectivity index (χ3n) is 3.84. The summed E-state index contributed by atoms with van der Waals surface area (Å²) < 4.78 is 1.92. The van der Waals surface area contributed by atoms with Gasteiger partial charge in [-0.1, -0.05) is 35.5 Å². The van der Waals surface area contributed by atoms with Crippen LogP contribution in [0.5, 0.6) is 0 Å². The summed E-state index contributed by atoms with van der Waals surface area (Å²) >= 11 is 9.10. The number of carbonyl (C=O) groups is 1. The van der Waals surface area contributed by atoms with Crippen molar-refractivity contribution < 1.29 is 4.79 Å². The lowest BCUT2D eigenvalue weighted by atomic mass is 10.2. The van der Waals surface area contributed by atoms with E-state index in [0.29, 0.717) is 15.9 Å². The van der Waals surface area contributed by atoms with E-state index in [1.54, 1.807) is 23.5 Å². The zero-order valence-electron chi connectivity index (χ0n) is 14.0. The third-order valence-corrected chi connectivity index (χ3v) is 6.20. The molecule has 5 nitrogen and oxygen atoms in total. The van der Waals surface area contributed by atoms with E-state index in [9.17, 15) is 4.79 Å². The van der Waals surface area contributed by atoms with Crippen molar-refractivity contribution in [2.45, 2.75) is 19.0 Å². The van der Waals surface area contributed by atoms with Crippen LogP contribution in [-0.2, 0) is 11.8 Å². The number of hydrogen-bond acceptors (Lipinski definition) is 5. The van der Waals surface area contributed by atoms with E-state index in [1.165, 1.54) is 22.2 Å². The van der Waals surface area contributed by atoms with Gasteiger partial charge >= 0.3 is 0 Å². The van der Waals surface area contributed by atoms with Gasteiger partial charge in [0.1, 0.15) is 0 Å². The van der Waals surface area contributed by atoms with Gasteiger partial charge in [-0.2, -0.15) is 0 Å². The Labute approximate surface area is 159 Å². The molecular formula is C17H17ClN4OS2. The standard InChI is InChI=1S/C17H17ClN4OS2/c1-10-11(2)24-8-12(10)16-20-21-17(22(16)3)25-9-15(23)19-14-7-5-4-6-13(14)18/h4-8H,9H2,1-3H3,(H,19,23). The quantitative estimate of drug-likeness (QED) is 0.647. The number of thioether (sulfide) groups is 1. The molecule has 0 bridgehead atoms. The molecule has 0 radical (unpaired) electrons. The number of aryl methyl sites for hydroxylation is 1. The lowest BCUT2D eigenvalue weighted by Gasteiger charge is -2.07. The first-order valence-corrected chi connectivity index (χ1v) is 9.83. The SMILES string of the molecule is Cc1scc(-c2nnc(SCC(=O)Nc3ccccc3Cl)n2C)c1C. The fourth-order valence-corrected chi connectivity index (χ4v) is 4.05. The number of amides is 1. The highest BCUT2D eigenvalue weighted by molar-refractivity contribution is 7.99. The minimum absolute atomic E-state index is 0.134. The predicted molar refractivity (Wildman–Crippen MR) is 105 cm³/mol. The predicted octanol–water partition coefficient (Wildman–Crippen LogP) is 4.54. The van der Waals surface area contributed by atoms with Crippen LogP contribution in [0.4, 0.5) is 5.69 Å². The molecule has 130 valence electrons. The van der Waals surface area contributed by atoms with E-state index in [0.717, 1.165) is 11.4 Å². The van der Waals surface area contributed by atoms with E-state index >= 15 is 0 Å². The molecule has 0 spiro atoms. The van der Waals surface area contributed by atoms with Gasteiger partial charge in [-0.15, -0.1) is 21.5 Å². The van der Waals surface area contributed by atoms with Gasteiger partial charge in [0.15, 0.2) is 11.0 Å². The van der Waals surface area contributed by atoms with E-state index < -0.39 is 0 Å². The number of thiophene rings is 1. The highest BCUT2D eigenvalue weighted by Gasteiger charge is 2.16. The average Bonchev–Trinajstić information content (AvgIpc) is 3.11. The number of carbonyl (C=O) groups excluding carboxylic acids is 1. The summed E-state index contributed by atoms with van der Waals surface area (Å²) in [6.07, 6.45) is 0. The van der Waals surface area contributed by atoms with E-state index in [2.05, 4.69) is 34.7 Å². The normalized spacial score (nSPS) is 10.9. The number of halogens is 1. The Morgan fingerprint density at radius 2 is 2.08 bits per heavy atom. The van der Waals surface area contributed by atoms with Crippen molar-refractivity contribution in [1.29, 1.82) is 0 Å². The molecule has 0 saturated carbocycles. The molecule has 0 unspecified atom stereocenters. The molecular weight excluding hydrogens is 376 g/mol. The Balaban J connectivity index is 1.67. The Hall–Kier alpha value is -1.83. The molecule has 0 saturated heterocycles. The van der Waals surface area contributed by atoms with Crippen LogP contribution in [0.15, 0.2) is 34.8 Å². The Kier molecular flexibility index (Phi) is 5.46. The van der Waals surface area contributed by atoms with Crippen LogP contribution in [0.3, 0.4) is 0 Å². The van der Waals surface area contributed by atoms with Crippen molar-refractivity contribution in [3.63, 3.8) is 0 Å². The molecule has 0 fully saturated rings. The molecule has 0 aliphatic rings. The third kappa shape index (κ3) is 3.89. The molecule has 0 aliphatic heterocycles. The largest absolute Gasteiger partial charge is 0.324 e. The maximum Gasteiger partial charge on any atom is 0.234 e. The lowest BCUT2D eigenvalue weighted by molar-refractivity contribution is -0.113. The van der Waals surface area contributed by atoms with Gasteiger partial charge in [-0.05, 0) is 31.5 Å². The minimum Gasteiger partial charge on any atom is -0.324 e. The lowest BCUT2D eigenvalue weighted by Crippen LogP contribution is -2.14.